The van der Waals surface area contributed by atoms with E-state index >= 15 is 0 Å². The zero-order valence-electron chi connectivity index (χ0n) is 24.1. The molecule has 0 aliphatic heterocycles. The van der Waals surface area contributed by atoms with Gasteiger partial charge in [-0.3, -0.25) is 0 Å². The molecule has 3 aromatic rings. The fourth-order valence-corrected chi connectivity index (χ4v) is 4.93. The van der Waals surface area contributed by atoms with E-state index in [0.717, 1.165) is 35.8 Å². The highest BCUT2D eigenvalue weighted by Gasteiger charge is 2.28. The molecule has 1 aliphatic rings. The zero-order valence-corrected chi connectivity index (χ0v) is 24.1. The average molecular weight is 543 g/mol. The van der Waals surface area contributed by atoms with Crippen LogP contribution in [0.15, 0.2) is 72.8 Å². The number of rotatable bonds is 14. The van der Waals surface area contributed by atoms with E-state index in [1.165, 1.54) is 38.5 Å². The van der Waals surface area contributed by atoms with Crippen molar-refractivity contribution in [1.29, 1.82) is 0 Å². The van der Waals surface area contributed by atoms with E-state index in [0.29, 0.717) is 35.3 Å². The molecule has 40 heavy (non-hydrogen) atoms. The molecule has 0 heterocycles. The van der Waals surface area contributed by atoms with Crippen LogP contribution < -0.4 is 9.47 Å². The second kappa shape index (κ2) is 14.7. The van der Waals surface area contributed by atoms with Gasteiger partial charge in [0.15, 0.2) is 0 Å². The van der Waals surface area contributed by atoms with Gasteiger partial charge in [-0.1, -0.05) is 77.1 Å². The Hall–Kier alpha value is -3.60. The highest BCUT2D eigenvalue weighted by Crippen LogP contribution is 2.37. The van der Waals surface area contributed by atoms with Crippen LogP contribution in [0.5, 0.6) is 11.5 Å². The van der Waals surface area contributed by atoms with E-state index in [1.54, 1.807) is 36.4 Å². The Morgan fingerprint density at radius 1 is 0.750 bits per heavy atom. The Bertz CT molecular complexity index is 1210. The van der Waals surface area contributed by atoms with Crippen molar-refractivity contribution in [3.63, 3.8) is 0 Å². The van der Waals surface area contributed by atoms with Gasteiger partial charge < -0.3 is 14.2 Å². The molecule has 212 valence electrons. The number of benzene rings is 3. The zero-order chi connectivity index (χ0) is 28.3. The van der Waals surface area contributed by atoms with Gasteiger partial charge >= 0.3 is 11.9 Å². The van der Waals surface area contributed by atoms with Crippen molar-refractivity contribution >= 4 is 11.9 Å². The molecule has 0 bridgehead atoms. The molecule has 1 saturated carbocycles. The minimum absolute atomic E-state index is 0.318. The second-order valence-electron chi connectivity index (χ2n) is 11.1. The Morgan fingerprint density at radius 2 is 1.32 bits per heavy atom. The SMILES string of the molecule is CCCCCC1CC(COc2ccc(-c3ccc(C(=O)Oc4ccc(C(=O)OCC(C)CC)cc4)cc3)cc2)C1. The smallest absolute Gasteiger partial charge is 0.343 e. The summed E-state index contributed by atoms with van der Waals surface area (Å²) in [5.74, 6) is 2.35. The molecule has 1 atom stereocenters. The molecule has 1 fully saturated rings. The lowest BCUT2D eigenvalue weighted by molar-refractivity contribution is 0.0447. The summed E-state index contributed by atoms with van der Waals surface area (Å²) in [7, 11) is 0. The highest BCUT2D eigenvalue weighted by molar-refractivity contribution is 5.92. The Balaban J connectivity index is 1.22. The van der Waals surface area contributed by atoms with E-state index in [9.17, 15) is 9.59 Å². The minimum Gasteiger partial charge on any atom is -0.493 e. The normalized spacial score (nSPS) is 17.0. The molecule has 0 N–H and O–H groups in total. The van der Waals surface area contributed by atoms with Crippen molar-refractivity contribution in [2.75, 3.05) is 13.2 Å². The number of esters is 2. The maximum atomic E-state index is 12.6. The van der Waals surface area contributed by atoms with Gasteiger partial charge in [0.1, 0.15) is 11.5 Å². The van der Waals surface area contributed by atoms with Crippen molar-refractivity contribution in [1.82, 2.24) is 0 Å². The van der Waals surface area contributed by atoms with Gasteiger partial charge in [-0.05, 0) is 90.3 Å². The number of ether oxygens (including phenoxy) is 3. The molecular weight excluding hydrogens is 500 g/mol. The molecule has 5 nitrogen and oxygen atoms in total. The second-order valence-corrected chi connectivity index (χ2v) is 11.1. The first kappa shape index (κ1) is 29.4. The average Bonchev–Trinajstić information content (AvgIpc) is 2.97. The summed E-state index contributed by atoms with van der Waals surface area (Å²) in [6.07, 6.45) is 8.93. The largest absolute Gasteiger partial charge is 0.493 e. The monoisotopic (exact) mass is 542 g/mol. The van der Waals surface area contributed by atoms with Gasteiger partial charge in [0, 0.05) is 0 Å². The Morgan fingerprint density at radius 3 is 1.95 bits per heavy atom. The van der Waals surface area contributed by atoms with Crippen LogP contribution in [0.4, 0.5) is 0 Å². The first-order valence-electron chi connectivity index (χ1n) is 14.8. The number of hydrogen-bond donors (Lipinski definition) is 0. The van der Waals surface area contributed by atoms with Crippen LogP contribution >= 0.6 is 0 Å². The summed E-state index contributed by atoms with van der Waals surface area (Å²) in [6, 6.07) is 21.9. The predicted molar refractivity (Wildman–Crippen MR) is 159 cm³/mol. The fourth-order valence-electron chi connectivity index (χ4n) is 4.93. The summed E-state index contributed by atoms with van der Waals surface area (Å²) in [5, 5.41) is 0. The van der Waals surface area contributed by atoms with Crippen molar-refractivity contribution in [3.8, 4) is 22.6 Å². The number of carbonyl (C=O) groups is 2. The lowest BCUT2D eigenvalue weighted by Gasteiger charge is -2.35. The van der Waals surface area contributed by atoms with Crippen molar-refractivity contribution in [2.45, 2.75) is 65.7 Å². The van der Waals surface area contributed by atoms with E-state index < -0.39 is 5.97 Å². The van der Waals surface area contributed by atoms with Crippen LogP contribution in [0.2, 0.25) is 0 Å². The molecule has 0 radical (unpaired) electrons. The molecule has 0 amide bonds. The molecule has 0 spiro atoms. The van der Waals surface area contributed by atoms with Gasteiger partial charge in [0.25, 0.3) is 0 Å². The topological polar surface area (TPSA) is 61.8 Å². The lowest BCUT2D eigenvalue weighted by Crippen LogP contribution is -2.28. The lowest BCUT2D eigenvalue weighted by atomic mass is 9.73. The van der Waals surface area contributed by atoms with Crippen molar-refractivity contribution in [3.05, 3.63) is 83.9 Å². The Labute approximate surface area is 238 Å². The van der Waals surface area contributed by atoms with Gasteiger partial charge in [0.2, 0.25) is 0 Å². The number of unbranched alkanes of at least 4 members (excludes halogenated alkanes) is 2. The van der Waals surface area contributed by atoms with Gasteiger partial charge in [0.05, 0.1) is 24.3 Å². The summed E-state index contributed by atoms with van der Waals surface area (Å²) in [6.45, 7) is 7.54. The first-order chi connectivity index (χ1) is 19.4. The highest BCUT2D eigenvalue weighted by atomic mass is 16.5. The molecule has 0 aromatic heterocycles. The summed E-state index contributed by atoms with van der Waals surface area (Å²) in [5.41, 5.74) is 2.95. The van der Waals surface area contributed by atoms with Crippen LogP contribution in [-0.4, -0.2) is 25.2 Å². The van der Waals surface area contributed by atoms with Crippen LogP contribution in [0, 0.1) is 17.8 Å². The molecular formula is C35H42O5. The maximum absolute atomic E-state index is 12.6. The maximum Gasteiger partial charge on any atom is 0.343 e. The third-order valence-corrected chi connectivity index (χ3v) is 7.84. The molecule has 1 unspecified atom stereocenters. The van der Waals surface area contributed by atoms with E-state index in [4.69, 9.17) is 14.2 Å². The predicted octanol–water partition coefficient (Wildman–Crippen LogP) is 8.76. The molecule has 1 aliphatic carbocycles. The van der Waals surface area contributed by atoms with Gasteiger partial charge in [-0.15, -0.1) is 0 Å². The van der Waals surface area contributed by atoms with Gasteiger partial charge in [-0.25, -0.2) is 9.59 Å². The van der Waals surface area contributed by atoms with Crippen molar-refractivity contribution in [2.24, 2.45) is 17.8 Å². The molecule has 5 heteroatoms. The molecule has 4 rings (SSSR count). The summed E-state index contributed by atoms with van der Waals surface area (Å²) >= 11 is 0. The van der Waals surface area contributed by atoms with Crippen LogP contribution in [0.1, 0.15) is 86.4 Å². The minimum atomic E-state index is -0.453. The summed E-state index contributed by atoms with van der Waals surface area (Å²) < 4.78 is 16.9. The summed E-state index contributed by atoms with van der Waals surface area (Å²) in [4.78, 5) is 24.8. The molecule has 0 saturated heterocycles. The third-order valence-electron chi connectivity index (χ3n) is 7.84. The van der Waals surface area contributed by atoms with Crippen molar-refractivity contribution < 1.29 is 23.8 Å². The standard InChI is InChI=1S/C35H42O5/c1-4-6-7-8-26-21-27(22-26)24-38-32-17-13-29(14-18-32)28-9-11-31(12-10-28)35(37)40-33-19-15-30(16-20-33)34(36)39-23-25(3)5-2/h9-20,25-27H,4-8,21-24H2,1-3H3. The number of hydrogen-bond acceptors (Lipinski definition) is 5. The van der Waals surface area contributed by atoms with E-state index in [2.05, 4.69) is 13.8 Å². The van der Waals surface area contributed by atoms with Crippen LogP contribution in [0.25, 0.3) is 11.1 Å². The fraction of sp³-hybridized carbons (Fsp3) is 0.429. The van der Waals surface area contributed by atoms with E-state index in [1.807, 2.05) is 43.3 Å². The Kier molecular flexibility index (Phi) is 10.8. The third kappa shape index (κ3) is 8.45. The molecule has 3 aromatic carbocycles. The quantitative estimate of drug-likeness (QED) is 0.116. The van der Waals surface area contributed by atoms with Gasteiger partial charge in [-0.2, -0.15) is 0 Å². The number of carbonyl (C=O) groups excluding carboxylic acids is 2. The first-order valence-corrected chi connectivity index (χ1v) is 14.8. The van der Waals surface area contributed by atoms with E-state index in [-0.39, 0.29) is 5.97 Å². The van der Waals surface area contributed by atoms with Crippen LogP contribution in [0.3, 0.4) is 0 Å². The van der Waals surface area contributed by atoms with Crippen LogP contribution in [-0.2, 0) is 4.74 Å².